The van der Waals surface area contributed by atoms with E-state index in [4.69, 9.17) is 38.1 Å². The maximum atomic E-state index is 12.5. The first-order chi connectivity index (χ1) is 14.4. The van der Waals surface area contributed by atoms with Crippen LogP contribution in [-0.4, -0.2) is 56.5 Å². The Kier molecular flexibility index (Phi) is 16.5. The van der Waals surface area contributed by atoms with Gasteiger partial charge in [-0.05, 0) is 19.9 Å². The molecule has 2 rings (SSSR count). The van der Waals surface area contributed by atoms with Crippen LogP contribution in [0.3, 0.4) is 0 Å². The van der Waals surface area contributed by atoms with Gasteiger partial charge in [0.2, 0.25) is 0 Å². The minimum absolute atomic E-state index is 0. The Bertz CT molecular complexity index is 995. The number of aryl methyl sites for hydroxylation is 1. The molecule has 0 aromatic carbocycles. The Balaban J connectivity index is 0.00000212. The van der Waals surface area contributed by atoms with Gasteiger partial charge in [0.15, 0.2) is 0 Å². The molecule has 1 radical (unpaired) electrons. The summed E-state index contributed by atoms with van der Waals surface area (Å²) in [6.07, 6.45) is 1.57. The van der Waals surface area contributed by atoms with Crippen LogP contribution in [0.5, 0.6) is 0 Å². The van der Waals surface area contributed by atoms with Crippen LogP contribution in [-0.2, 0) is 17.1 Å². The van der Waals surface area contributed by atoms with E-state index in [9.17, 15) is 9.59 Å². The first kappa shape index (κ1) is 30.3. The Hall–Kier alpha value is -0.682. The molecular weight excluding hydrogens is 601 g/mol. The van der Waals surface area contributed by atoms with Gasteiger partial charge < -0.3 is 20.3 Å². The minimum atomic E-state index is -0.826. The second-order valence-electron chi connectivity index (χ2n) is 6.27. The van der Waals surface area contributed by atoms with Crippen LogP contribution in [0.2, 0.25) is 0 Å². The van der Waals surface area contributed by atoms with Crippen molar-refractivity contribution in [1.29, 1.82) is 0 Å². The average Bonchev–Trinajstić information content (AvgIpc) is 2.67. The molecule has 0 atom stereocenters. The molecule has 171 valence electrons. The summed E-state index contributed by atoms with van der Waals surface area (Å²) < 4.78 is 10.4. The van der Waals surface area contributed by atoms with Crippen LogP contribution in [0.15, 0.2) is 40.5 Å². The fourth-order valence-corrected chi connectivity index (χ4v) is 2.54. The predicted molar refractivity (Wildman–Crippen MR) is 125 cm³/mol. The fraction of sp³-hybridized carbons (Fsp3) is 0.474. The van der Waals surface area contributed by atoms with Crippen LogP contribution in [0.1, 0.15) is 37.5 Å². The zero-order valence-electron chi connectivity index (χ0n) is 17.2. The van der Waals surface area contributed by atoms with E-state index in [1.54, 1.807) is 6.92 Å². The number of aliphatic imine (C=N–C) groups is 2. The number of hydrogen-bond acceptors (Lipinski definition) is 6. The van der Waals surface area contributed by atoms with E-state index < -0.39 is 30.1 Å². The van der Waals surface area contributed by atoms with E-state index >= 15 is 0 Å². The summed E-state index contributed by atoms with van der Waals surface area (Å²) in [5.41, 5.74) is 14.9. The minimum Gasteiger partial charge on any atom is 2.00 e. The molecule has 0 aliphatic rings. The van der Waals surface area contributed by atoms with Gasteiger partial charge in [-0.15, -0.1) is 13.1 Å². The number of fused-ring (bicyclic) bond motifs is 1. The van der Waals surface area contributed by atoms with E-state index in [1.165, 1.54) is 12.1 Å². The van der Waals surface area contributed by atoms with Crippen molar-refractivity contribution in [1.82, 2.24) is 0 Å². The summed E-state index contributed by atoms with van der Waals surface area (Å²) in [5, 5.41) is 0.187. The van der Waals surface area contributed by atoms with Gasteiger partial charge in [-0.25, -0.2) is 9.59 Å². The van der Waals surface area contributed by atoms with Crippen molar-refractivity contribution in [2.75, 3.05) is 26.2 Å². The van der Waals surface area contributed by atoms with E-state index in [-0.39, 0.29) is 40.1 Å². The number of hydrogen-bond donors (Lipinski definition) is 0. The van der Waals surface area contributed by atoms with Crippen molar-refractivity contribution in [3.8, 4) is 0 Å². The maximum absolute atomic E-state index is 12.5. The van der Waals surface area contributed by atoms with Crippen molar-refractivity contribution in [2.45, 2.75) is 33.1 Å². The third-order valence-corrected chi connectivity index (χ3v) is 3.87. The van der Waals surface area contributed by atoms with Crippen molar-refractivity contribution >= 4 is 59.1 Å². The number of nitrogens with one attached hydrogen (secondary N) is 2. The molecule has 8 nitrogen and oxygen atoms in total. The molecule has 0 unspecified atom stereocenters. The van der Waals surface area contributed by atoms with Crippen molar-refractivity contribution in [3.63, 3.8) is 0 Å². The monoisotopic (exact) mass is 625 g/mol. The second-order valence-corrected chi connectivity index (χ2v) is 10.5. The van der Waals surface area contributed by atoms with Gasteiger partial charge in [-0.2, -0.15) is 0 Å². The molecule has 0 saturated heterocycles. The van der Waals surface area contributed by atoms with Crippen molar-refractivity contribution in [2.24, 2.45) is 9.98 Å². The average molecular weight is 626 g/mol. The molecule has 0 spiro atoms. The van der Waals surface area contributed by atoms with Gasteiger partial charge in [0.1, 0.15) is 16.7 Å². The summed E-state index contributed by atoms with van der Waals surface area (Å²) in [6, 6.07) is 2.97. The fourth-order valence-electron chi connectivity index (χ4n) is 2.54. The zero-order chi connectivity index (χ0) is 22.5. The van der Waals surface area contributed by atoms with Crippen LogP contribution >= 0.6 is 17.8 Å². The summed E-state index contributed by atoms with van der Waals surface area (Å²) in [4.78, 5) is 33.4. The Morgan fingerprint density at radius 2 is 1.61 bits per heavy atom. The normalized spacial score (nSPS) is 11.4. The van der Waals surface area contributed by atoms with Gasteiger partial charge in [-0.1, -0.05) is 12.8 Å². The van der Waals surface area contributed by atoms with E-state index in [0.29, 0.717) is 50.4 Å². The van der Waals surface area contributed by atoms with Crippen molar-refractivity contribution in [3.05, 3.63) is 55.8 Å². The second kappa shape index (κ2) is 16.9. The number of nitrogens with zero attached hydrogens (tertiary/aromatic N) is 2. The van der Waals surface area contributed by atoms with Crippen molar-refractivity contribution < 1.29 is 25.9 Å². The molecule has 2 aromatic rings. The quantitative estimate of drug-likeness (QED) is 0.229. The molecule has 0 saturated carbocycles. The standard InChI is InChI=1S/C19H24N4O4.2ClH.Cu.Sn/c1-12(22-7-3-5-20)9-16(23-8-4-6-21)14-11-15-17(27-18(14)24)10-13(2)26-19(15)25;;;;/h10-11,20-21H,3-9H2,1-2H3;2*1H;;/q-2;;;+2;+4/p-2. The summed E-state index contributed by atoms with van der Waals surface area (Å²) in [6.45, 7) is 4.94. The molecule has 2 N–H and O–H groups in total. The molecule has 2 aromatic heterocycles. The smallest absolute Gasteiger partial charge is 2.00 e. The first-order valence-electron chi connectivity index (χ1n) is 9.25. The zero-order valence-corrected chi connectivity index (χ0v) is 22.5. The molecule has 2 heterocycles. The third kappa shape index (κ3) is 10.7. The number of rotatable bonds is 9. The molecule has 31 heavy (non-hydrogen) atoms. The molecular formula is C19H24Cl2CuN4O4Sn+2. The molecule has 0 aliphatic heterocycles. The van der Waals surface area contributed by atoms with Crippen LogP contribution in [0.25, 0.3) is 22.4 Å². The predicted octanol–water partition coefficient (Wildman–Crippen LogP) is 4.58. The Morgan fingerprint density at radius 1 is 1.03 bits per heavy atom. The van der Waals surface area contributed by atoms with E-state index in [0.717, 1.165) is 5.71 Å². The van der Waals surface area contributed by atoms with Crippen LogP contribution in [0.4, 0.5) is 0 Å². The van der Waals surface area contributed by atoms with Crippen LogP contribution < -0.4 is 11.3 Å². The summed E-state index contributed by atoms with van der Waals surface area (Å²) >= 11 is -0.826. The van der Waals surface area contributed by atoms with Gasteiger partial charge in [0, 0.05) is 31.3 Å². The van der Waals surface area contributed by atoms with Gasteiger partial charge in [0.25, 0.3) is 0 Å². The Labute approximate surface area is 209 Å². The molecule has 0 aliphatic carbocycles. The molecule has 12 heteroatoms. The van der Waals surface area contributed by atoms with Gasteiger partial charge in [-0.3, -0.25) is 9.98 Å². The van der Waals surface area contributed by atoms with Gasteiger partial charge in [0.05, 0.1) is 11.3 Å². The third-order valence-electron chi connectivity index (χ3n) is 3.87. The van der Waals surface area contributed by atoms with E-state index in [2.05, 4.69) is 9.98 Å². The summed E-state index contributed by atoms with van der Waals surface area (Å²) in [7, 11) is 9.87. The maximum Gasteiger partial charge on any atom is 2.00 e. The Morgan fingerprint density at radius 3 is 2.19 bits per heavy atom. The first-order valence-corrected chi connectivity index (χ1v) is 16.5. The number of halogens is 2. The van der Waals surface area contributed by atoms with Crippen LogP contribution in [0, 0.1) is 6.92 Å². The topological polar surface area (TPSA) is 133 Å². The summed E-state index contributed by atoms with van der Waals surface area (Å²) in [5.74, 6) is 0.366. The molecule has 0 amide bonds. The largest absolute Gasteiger partial charge is 2.00 e. The molecule has 0 fully saturated rings. The van der Waals surface area contributed by atoms with E-state index in [1.807, 2.05) is 6.92 Å². The van der Waals surface area contributed by atoms with Gasteiger partial charge >= 0.3 is 65.1 Å². The SMILES string of the molecule is CC(CC(=NCCC[NH-])c1cc2c(=O)oc(C)cc2oc1=O)=NCCC[NH-].[Cl][Sn+2][Cl].[Cu+2]. The molecule has 0 bridgehead atoms.